The maximum atomic E-state index is 12.8. The zero-order valence-electron chi connectivity index (χ0n) is 16.4. The molecule has 1 N–H and O–H groups in total. The summed E-state index contributed by atoms with van der Waals surface area (Å²) in [4.78, 5) is 20.7. The van der Waals surface area contributed by atoms with Gasteiger partial charge in [0.25, 0.3) is 5.91 Å². The number of rotatable bonds is 6. The first-order chi connectivity index (χ1) is 13.6. The lowest BCUT2D eigenvalue weighted by Crippen LogP contribution is -2.23. The van der Waals surface area contributed by atoms with Gasteiger partial charge in [0.1, 0.15) is 4.88 Å². The summed E-state index contributed by atoms with van der Waals surface area (Å²) < 4.78 is 1.95. The average Bonchev–Trinajstić information content (AvgIpc) is 3.47. The molecule has 4 rings (SSSR count). The molecule has 2 aromatic heterocycles. The van der Waals surface area contributed by atoms with Crippen molar-refractivity contribution in [2.45, 2.75) is 39.2 Å². The zero-order valence-corrected chi connectivity index (χ0v) is 17.2. The molecule has 3 aromatic rings. The van der Waals surface area contributed by atoms with Crippen LogP contribution in [0.2, 0.25) is 0 Å². The monoisotopic (exact) mass is 394 g/mol. The lowest BCUT2D eigenvalue weighted by molar-refractivity contribution is 0.0953. The van der Waals surface area contributed by atoms with E-state index >= 15 is 0 Å². The SMILES string of the molecule is CC(C)c1nc(-n2cccc2)sc1C(=O)NCc1ccc(N2CCCC2)cc1. The van der Waals surface area contributed by atoms with Gasteiger partial charge in [-0.15, -0.1) is 0 Å². The molecule has 0 saturated carbocycles. The molecular weight excluding hydrogens is 368 g/mol. The van der Waals surface area contributed by atoms with Gasteiger partial charge >= 0.3 is 0 Å². The molecule has 0 radical (unpaired) electrons. The summed E-state index contributed by atoms with van der Waals surface area (Å²) in [6.07, 6.45) is 6.45. The van der Waals surface area contributed by atoms with E-state index in [9.17, 15) is 4.79 Å². The van der Waals surface area contributed by atoms with E-state index in [-0.39, 0.29) is 11.8 Å². The van der Waals surface area contributed by atoms with Crippen LogP contribution in [-0.2, 0) is 6.54 Å². The Bertz CT molecular complexity index is 922. The molecule has 1 saturated heterocycles. The summed E-state index contributed by atoms with van der Waals surface area (Å²) in [6.45, 7) is 6.95. The Balaban J connectivity index is 1.44. The second-order valence-electron chi connectivity index (χ2n) is 7.50. The standard InChI is InChI=1S/C22H26N4OS/c1-16(2)19-20(28-22(24-19)26-13-5-6-14-26)21(27)23-15-17-7-9-18(10-8-17)25-11-3-4-12-25/h5-10,13-14,16H,3-4,11-12,15H2,1-2H3,(H,23,27). The Hall–Kier alpha value is -2.60. The molecule has 1 aliphatic heterocycles. The summed E-state index contributed by atoms with van der Waals surface area (Å²) in [5, 5.41) is 3.89. The molecule has 0 aliphatic carbocycles. The molecule has 3 heterocycles. The Morgan fingerprint density at radius 3 is 2.46 bits per heavy atom. The van der Waals surface area contributed by atoms with Crippen molar-refractivity contribution in [1.82, 2.24) is 14.9 Å². The van der Waals surface area contributed by atoms with Crippen molar-refractivity contribution in [3.8, 4) is 5.13 Å². The average molecular weight is 395 g/mol. The first-order valence-corrected chi connectivity index (χ1v) is 10.7. The van der Waals surface area contributed by atoms with Gasteiger partial charge in [0.15, 0.2) is 5.13 Å². The molecule has 0 atom stereocenters. The summed E-state index contributed by atoms with van der Waals surface area (Å²) in [6, 6.07) is 12.4. The highest BCUT2D eigenvalue weighted by atomic mass is 32.1. The van der Waals surface area contributed by atoms with E-state index in [1.807, 2.05) is 29.1 Å². The molecule has 1 fully saturated rings. The van der Waals surface area contributed by atoms with Gasteiger partial charge in [0.05, 0.1) is 5.69 Å². The van der Waals surface area contributed by atoms with Crippen molar-refractivity contribution in [3.05, 3.63) is 64.9 Å². The van der Waals surface area contributed by atoms with E-state index < -0.39 is 0 Å². The minimum absolute atomic E-state index is 0.0526. The smallest absolute Gasteiger partial charge is 0.263 e. The molecule has 6 heteroatoms. The third-order valence-electron chi connectivity index (χ3n) is 5.08. The van der Waals surface area contributed by atoms with Gasteiger partial charge in [0, 0.05) is 37.7 Å². The predicted octanol–water partition coefficient (Wildman–Crippen LogP) is 4.59. The highest BCUT2D eigenvalue weighted by Crippen LogP contribution is 2.28. The minimum Gasteiger partial charge on any atom is -0.372 e. The molecule has 1 aliphatic rings. The number of carbonyl (C=O) groups excluding carboxylic acids is 1. The van der Waals surface area contributed by atoms with E-state index in [0.29, 0.717) is 11.4 Å². The molecule has 28 heavy (non-hydrogen) atoms. The fraction of sp³-hybridized carbons (Fsp3) is 0.364. The summed E-state index contributed by atoms with van der Waals surface area (Å²) in [5.41, 5.74) is 3.24. The van der Waals surface area contributed by atoms with E-state index in [1.165, 1.54) is 29.9 Å². The van der Waals surface area contributed by atoms with Crippen molar-refractivity contribution >= 4 is 22.9 Å². The largest absolute Gasteiger partial charge is 0.372 e. The first-order valence-electron chi connectivity index (χ1n) is 9.88. The van der Waals surface area contributed by atoms with Gasteiger partial charge in [-0.25, -0.2) is 4.98 Å². The predicted molar refractivity (Wildman–Crippen MR) is 115 cm³/mol. The highest BCUT2D eigenvalue weighted by Gasteiger charge is 2.21. The first kappa shape index (κ1) is 18.7. The Morgan fingerprint density at radius 1 is 1.14 bits per heavy atom. The van der Waals surface area contributed by atoms with Crippen molar-refractivity contribution in [1.29, 1.82) is 0 Å². The third kappa shape index (κ3) is 3.97. The van der Waals surface area contributed by atoms with E-state index in [0.717, 1.165) is 29.5 Å². The van der Waals surface area contributed by atoms with Crippen LogP contribution in [0, 0.1) is 0 Å². The number of hydrogen-bond acceptors (Lipinski definition) is 4. The Kier molecular flexibility index (Phi) is 5.48. The van der Waals surface area contributed by atoms with Crippen LogP contribution in [0.5, 0.6) is 0 Å². The lowest BCUT2D eigenvalue weighted by Gasteiger charge is -2.17. The second kappa shape index (κ2) is 8.19. The summed E-state index contributed by atoms with van der Waals surface area (Å²) in [5.74, 6) is 0.143. The number of thiazole rings is 1. The van der Waals surface area contributed by atoms with Crippen LogP contribution in [0.1, 0.15) is 53.5 Å². The van der Waals surface area contributed by atoms with Gasteiger partial charge in [-0.1, -0.05) is 37.3 Å². The molecule has 0 spiro atoms. The number of aromatic nitrogens is 2. The van der Waals surface area contributed by atoms with E-state index in [2.05, 4.69) is 48.3 Å². The van der Waals surface area contributed by atoms with Gasteiger partial charge in [0.2, 0.25) is 0 Å². The van der Waals surface area contributed by atoms with Crippen LogP contribution in [-0.4, -0.2) is 28.5 Å². The molecular formula is C22H26N4OS. The quantitative estimate of drug-likeness (QED) is 0.665. The van der Waals surface area contributed by atoms with Crippen molar-refractivity contribution < 1.29 is 4.79 Å². The molecule has 1 aromatic carbocycles. The topological polar surface area (TPSA) is 50.2 Å². The number of carbonyl (C=O) groups is 1. The summed E-state index contributed by atoms with van der Waals surface area (Å²) in [7, 11) is 0. The van der Waals surface area contributed by atoms with Crippen molar-refractivity contribution in [2.24, 2.45) is 0 Å². The van der Waals surface area contributed by atoms with Gasteiger partial charge in [-0.2, -0.15) is 0 Å². The Morgan fingerprint density at radius 2 is 1.82 bits per heavy atom. The van der Waals surface area contributed by atoms with Gasteiger partial charge in [-0.05, 0) is 48.6 Å². The van der Waals surface area contributed by atoms with E-state index in [4.69, 9.17) is 4.98 Å². The number of amides is 1. The van der Waals surface area contributed by atoms with Crippen LogP contribution >= 0.6 is 11.3 Å². The van der Waals surface area contributed by atoms with Gasteiger partial charge in [-0.3, -0.25) is 4.79 Å². The number of hydrogen-bond donors (Lipinski definition) is 1. The van der Waals surface area contributed by atoms with Crippen LogP contribution in [0.3, 0.4) is 0 Å². The van der Waals surface area contributed by atoms with Gasteiger partial charge < -0.3 is 14.8 Å². The molecule has 146 valence electrons. The summed E-state index contributed by atoms with van der Waals surface area (Å²) >= 11 is 1.44. The molecule has 5 nitrogen and oxygen atoms in total. The van der Waals surface area contributed by atoms with Crippen LogP contribution < -0.4 is 10.2 Å². The molecule has 0 bridgehead atoms. The molecule has 0 unspecified atom stereocenters. The molecule has 1 amide bonds. The number of benzene rings is 1. The van der Waals surface area contributed by atoms with Crippen LogP contribution in [0.25, 0.3) is 5.13 Å². The number of nitrogens with one attached hydrogen (secondary N) is 1. The number of anilines is 1. The zero-order chi connectivity index (χ0) is 19.5. The Labute approximate surface area is 170 Å². The van der Waals surface area contributed by atoms with Crippen LogP contribution in [0.15, 0.2) is 48.8 Å². The maximum absolute atomic E-state index is 12.8. The van der Waals surface area contributed by atoms with E-state index in [1.54, 1.807) is 0 Å². The lowest BCUT2D eigenvalue weighted by atomic mass is 10.1. The van der Waals surface area contributed by atoms with Crippen molar-refractivity contribution in [3.63, 3.8) is 0 Å². The van der Waals surface area contributed by atoms with Crippen LogP contribution in [0.4, 0.5) is 5.69 Å². The normalized spacial score (nSPS) is 14.0. The third-order valence-corrected chi connectivity index (χ3v) is 6.16. The minimum atomic E-state index is -0.0526. The number of nitrogens with zero attached hydrogens (tertiary/aromatic N) is 3. The highest BCUT2D eigenvalue weighted by molar-refractivity contribution is 7.16. The fourth-order valence-electron chi connectivity index (χ4n) is 3.51. The second-order valence-corrected chi connectivity index (χ2v) is 8.48. The fourth-order valence-corrected chi connectivity index (χ4v) is 4.61. The van der Waals surface area contributed by atoms with Crippen molar-refractivity contribution in [2.75, 3.05) is 18.0 Å². The maximum Gasteiger partial charge on any atom is 0.263 e.